The average Bonchev–Trinajstić information content (AvgIpc) is 2.82. The van der Waals surface area contributed by atoms with Crippen LogP contribution in [0.25, 0.3) is 0 Å². The van der Waals surface area contributed by atoms with Gasteiger partial charge in [-0.3, -0.25) is 19.2 Å². The van der Waals surface area contributed by atoms with Crippen LogP contribution < -0.4 is 4.74 Å². The van der Waals surface area contributed by atoms with Crippen LogP contribution in [0.5, 0.6) is 5.75 Å². The van der Waals surface area contributed by atoms with Crippen molar-refractivity contribution in [1.29, 1.82) is 0 Å². The normalized spacial score (nSPS) is 26.7. The zero-order valence-corrected chi connectivity index (χ0v) is 23.9. The van der Waals surface area contributed by atoms with Crippen LogP contribution in [-0.4, -0.2) is 61.0 Å². The maximum absolute atomic E-state index is 12.1. The number of benzene rings is 1. The van der Waals surface area contributed by atoms with Gasteiger partial charge in [0.15, 0.2) is 18.3 Å². The van der Waals surface area contributed by atoms with E-state index in [4.69, 9.17) is 40.0 Å². The Hall–Kier alpha value is -2.85. The van der Waals surface area contributed by atoms with Crippen molar-refractivity contribution in [1.82, 2.24) is 0 Å². The summed E-state index contributed by atoms with van der Waals surface area (Å²) in [5.41, 5.74) is 0.780. The fraction of sp³-hybridized carbons (Fsp3) is 0.643. The lowest BCUT2D eigenvalue weighted by Gasteiger charge is -2.44. The fourth-order valence-corrected chi connectivity index (χ4v) is 5.12. The zero-order chi connectivity index (χ0) is 28.9. The molecule has 216 valence electrons. The molecule has 0 bridgehead atoms. The van der Waals surface area contributed by atoms with Gasteiger partial charge in [0.05, 0.1) is 11.1 Å². The van der Waals surface area contributed by atoms with Crippen LogP contribution in [0.3, 0.4) is 0 Å². The van der Waals surface area contributed by atoms with Crippen molar-refractivity contribution in [2.45, 2.75) is 104 Å². The first kappa shape index (κ1) is 30.7. The maximum Gasteiger partial charge on any atom is 0.303 e. The van der Waals surface area contributed by atoms with Crippen molar-refractivity contribution in [2.24, 2.45) is 5.41 Å². The number of ether oxygens (including phenoxy) is 6. The molecule has 1 saturated heterocycles. The largest absolute Gasteiger partial charge is 0.489 e. The molecule has 5 atom stereocenters. The second-order valence-corrected chi connectivity index (χ2v) is 11.2. The van der Waals surface area contributed by atoms with Crippen LogP contribution in [-0.2, 0) is 42.9 Å². The molecular formula is C28H37ClO10. The summed E-state index contributed by atoms with van der Waals surface area (Å²) in [5, 5.41) is 0.397. The van der Waals surface area contributed by atoms with Crippen LogP contribution in [0.15, 0.2) is 18.2 Å². The number of hydrogen-bond acceptors (Lipinski definition) is 10. The van der Waals surface area contributed by atoms with Gasteiger partial charge in [-0.25, -0.2) is 0 Å². The van der Waals surface area contributed by atoms with Crippen LogP contribution in [0, 0.1) is 5.41 Å². The number of esters is 4. The Labute approximate surface area is 233 Å². The molecule has 0 N–H and O–H groups in total. The van der Waals surface area contributed by atoms with E-state index < -0.39 is 54.4 Å². The quantitative estimate of drug-likeness (QED) is 0.327. The second kappa shape index (κ2) is 13.0. The maximum atomic E-state index is 12.1. The highest BCUT2D eigenvalue weighted by Gasteiger charge is 2.52. The number of carbonyl (C=O) groups excluding carboxylic acids is 4. The van der Waals surface area contributed by atoms with Gasteiger partial charge in [-0.1, -0.05) is 31.5 Å². The van der Waals surface area contributed by atoms with Gasteiger partial charge in [0.2, 0.25) is 0 Å². The van der Waals surface area contributed by atoms with Gasteiger partial charge in [-0.15, -0.1) is 0 Å². The molecule has 10 nitrogen and oxygen atoms in total. The van der Waals surface area contributed by atoms with E-state index in [1.54, 1.807) is 18.2 Å². The fourth-order valence-electron chi connectivity index (χ4n) is 4.95. The summed E-state index contributed by atoms with van der Waals surface area (Å²) in [6, 6.07) is 5.02. The molecule has 1 aromatic carbocycles. The van der Waals surface area contributed by atoms with E-state index >= 15 is 0 Å². The van der Waals surface area contributed by atoms with Crippen molar-refractivity contribution in [2.75, 3.05) is 6.61 Å². The average molecular weight is 569 g/mol. The van der Waals surface area contributed by atoms with Crippen LogP contribution in [0.2, 0.25) is 5.02 Å². The molecule has 0 radical (unpaired) electrons. The van der Waals surface area contributed by atoms with Crippen molar-refractivity contribution in [3.05, 3.63) is 28.8 Å². The molecule has 0 spiro atoms. The van der Waals surface area contributed by atoms with E-state index in [2.05, 4.69) is 13.8 Å². The molecule has 1 aromatic rings. The summed E-state index contributed by atoms with van der Waals surface area (Å²) < 4.78 is 34.2. The van der Waals surface area contributed by atoms with Gasteiger partial charge in [0.1, 0.15) is 24.6 Å². The van der Waals surface area contributed by atoms with Gasteiger partial charge in [-0.2, -0.15) is 0 Å². The Balaban J connectivity index is 1.99. The Morgan fingerprint density at radius 3 is 2.00 bits per heavy atom. The monoisotopic (exact) mass is 568 g/mol. The molecule has 2 fully saturated rings. The minimum Gasteiger partial charge on any atom is -0.489 e. The van der Waals surface area contributed by atoms with Crippen LogP contribution in [0.4, 0.5) is 0 Å². The minimum atomic E-state index is -1.25. The number of halogens is 1. The first-order chi connectivity index (χ1) is 18.3. The molecule has 1 saturated carbocycles. The van der Waals surface area contributed by atoms with Crippen molar-refractivity contribution >= 4 is 35.5 Å². The van der Waals surface area contributed by atoms with Gasteiger partial charge < -0.3 is 28.4 Å². The summed E-state index contributed by atoms with van der Waals surface area (Å²) in [7, 11) is 0. The first-order valence-electron chi connectivity index (χ1n) is 13.0. The smallest absolute Gasteiger partial charge is 0.303 e. The molecule has 0 aromatic heterocycles. The van der Waals surface area contributed by atoms with E-state index in [1.807, 2.05) is 0 Å². The molecule has 39 heavy (non-hydrogen) atoms. The van der Waals surface area contributed by atoms with Gasteiger partial charge >= 0.3 is 23.9 Å². The minimum absolute atomic E-state index is 0.0128. The SMILES string of the molecule is CC(=O)OC[C@H]1O[C@@H](c2ccc(Cl)c(OC3CCC(C)(C)CC3)c2)[C@H](OC(C)=O)[C@@H](OC(C)=O)[C@@H]1OC(C)=O. The van der Waals surface area contributed by atoms with Crippen LogP contribution in [0.1, 0.15) is 78.9 Å². The second-order valence-electron chi connectivity index (χ2n) is 10.8. The summed E-state index contributed by atoms with van der Waals surface area (Å²) in [6.45, 7) is 8.96. The highest BCUT2D eigenvalue weighted by molar-refractivity contribution is 6.32. The van der Waals surface area contributed by atoms with Crippen molar-refractivity contribution in [3.8, 4) is 5.75 Å². The highest BCUT2D eigenvalue weighted by atomic mass is 35.5. The predicted molar refractivity (Wildman–Crippen MR) is 139 cm³/mol. The third-order valence-electron chi connectivity index (χ3n) is 6.85. The van der Waals surface area contributed by atoms with Crippen molar-refractivity contribution < 1.29 is 47.6 Å². The summed E-state index contributed by atoms with van der Waals surface area (Å²) in [6.07, 6.45) is -1.93. The predicted octanol–water partition coefficient (Wildman–Crippen LogP) is 4.49. The Morgan fingerprint density at radius 1 is 0.872 bits per heavy atom. The molecule has 2 aliphatic rings. The van der Waals surface area contributed by atoms with Crippen molar-refractivity contribution in [3.63, 3.8) is 0 Å². The number of hydrogen-bond donors (Lipinski definition) is 0. The van der Waals surface area contributed by atoms with Gasteiger partial charge in [0.25, 0.3) is 0 Å². The molecule has 1 heterocycles. The molecule has 1 aliphatic heterocycles. The lowest BCUT2D eigenvalue weighted by atomic mass is 9.76. The topological polar surface area (TPSA) is 124 Å². The summed E-state index contributed by atoms with van der Waals surface area (Å²) >= 11 is 6.49. The Morgan fingerprint density at radius 2 is 1.44 bits per heavy atom. The number of carbonyl (C=O) groups is 4. The van der Waals surface area contributed by atoms with E-state index in [0.717, 1.165) is 25.7 Å². The van der Waals surface area contributed by atoms with Gasteiger partial charge in [-0.05, 0) is 48.8 Å². The Kier molecular flexibility index (Phi) is 10.2. The van der Waals surface area contributed by atoms with E-state index in [-0.39, 0.29) is 18.1 Å². The molecule has 1 aliphatic carbocycles. The third-order valence-corrected chi connectivity index (χ3v) is 7.17. The van der Waals surface area contributed by atoms with Crippen LogP contribution >= 0.6 is 11.6 Å². The van der Waals surface area contributed by atoms with Gasteiger partial charge in [0, 0.05) is 27.7 Å². The summed E-state index contributed by atoms with van der Waals surface area (Å²) in [5.74, 6) is -2.19. The molecule has 3 rings (SSSR count). The van der Waals surface area contributed by atoms with E-state index in [1.165, 1.54) is 27.7 Å². The molecule has 11 heteroatoms. The lowest BCUT2D eigenvalue weighted by molar-refractivity contribution is -0.254. The zero-order valence-electron chi connectivity index (χ0n) is 23.2. The Bertz CT molecular complexity index is 1060. The molecular weight excluding hydrogens is 532 g/mol. The first-order valence-corrected chi connectivity index (χ1v) is 13.4. The molecule has 0 unspecified atom stereocenters. The van der Waals surface area contributed by atoms with E-state index in [9.17, 15) is 19.2 Å². The highest BCUT2D eigenvalue weighted by Crippen LogP contribution is 2.41. The lowest BCUT2D eigenvalue weighted by Crippen LogP contribution is -2.59. The third kappa shape index (κ3) is 8.57. The van der Waals surface area contributed by atoms with E-state index in [0.29, 0.717) is 16.3 Å². The molecule has 0 amide bonds. The standard InChI is InChI=1S/C28H37ClO10/c1-15(30)34-14-23-25(35-16(2)31)27(37-18(4)33)26(36-17(3)32)24(39-23)19-7-8-21(29)22(13-19)38-20-9-11-28(5,6)12-10-20/h7-8,13,20,23-27H,9-12,14H2,1-6H3/t23-,24+,25-,26+,27+/m1/s1. The number of rotatable bonds is 8. The summed E-state index contributed by atoms with van der Waals surface area (Å²) in [4.78, 5) is 47.8.